The Bertz CT molecular complexity index is 6210. The molecule has 0 bridgehead atoms. The third-order valence-corrected chi connectivity index (χ3v) is 23.4. The van der Waals surface area contributed by atoms with Crippen molar-refractivity contribution >= 4 is 0 Å². The molecule has 0 aliphatic heterocycles. The first kappa shape index (κ1) is 102. The Labute approximate surface area is 862 Å². The van der Waals surface area contributed by atoms with Crippen LogP contribution in [0.15, 0.2) is 432 Å². The first-order chi connectivity index (χ1) is 65.7. The fourth-order valence-corrected chi connectivity index (χ4v) is 16.0. The van der Waals surface area contributed by atoms with Crippen molar-refractivity contribution in [3.05, 3.63) is 530 Å². The average Bonchev–Trinajstić information content (AvgIpc) is 1.74. The molecule has 8 nitrogen and oxygen atoms in total. The van der Waals surface area contributed by atoms with Crippen LogP contribution in [0, 0.1) is 69.3 Å². The van der Waals surface area contributed by atoms with Crippen molar-refractivity contribution < 1.29 is 80.4 Å². The predicted molar refractivity (Wildman–Crippen MR) is 545 cm³/mol. The van der Waals surface area contributed by atoms with E-state index in [9.17, 15) is 0 Å². The smallest absolute Gasteiger partial charge is 0.0239 e. The number of aryl methyl sites for hydroxylation is 6. The van der Waals surface area contributed by atoms with Crippen LogP contribution in [-0.4, -0.2) is 39.9 Å². The van der Waals surface area contributed by atoms with Gasteiger partial charge in [0.25, 0.3) is 0 Å². The minimum atomic E-state index is 0. The normalized spacial score (nSPS) is 11.2. The summed E-state index contributed by atoms with van der Waals surface area (Å²) in [7, 11) is 0. The van der Waals surface area contributed by atoms with Crippen molar-refractivity contribution in [3.63, 3.8) is 0 Å². The van der Waals surface area contributed by atoms with Crippen LogP contribution in [0.1, 0.15) is 75.8 Å². The predicted octanol–water partition coefficient (Wildman–Crippen LogP) is 29.8. The topological polar surface area (TPSA) is 103 Å². The molecule has 12 heteroatoms. The van der Waals surface area contributed by atoms with Crippen molar-refractivity contribution in [1.82, 2.24) is 39.9 Å². The summed E-state index contributed by atoms with van der Waals surface area (Å²) in [5.74, 6) is 0. The Kier molecular flexibility index (Phi) is 40.5. The summed E-state index contributed by atoms with van der Waals surface area (Å²) in [6, 6.07) is 153. The molecule has 0 unspecified atom stereocenters. The summed E-state index contributed by atoms with van der Waals surface area (Å²) < 4.78 is 0. The van der Waals surface area contributed by atoms with Crippen LogP contribution in [0.25, 0.3) is 135 Å². The Hall–Kier alpha value is -13.6. The number of fused-ring (bicyclic) bond motifs is 3. The number of rotatable bonds is 12. The molecule has 23 rings (SSSR count). The number of hydrogen-bond donors (Lipinski definition) is 0. The Balaban J connectivity index is 0.000000140. The van der Waals surface area contributed by atoms with Crippen molar-refractivity contribution in [3.8, 4) is 135 Å². The van der Waals surface area contributed by atoms with E-state index in [2.05, 4.69) is 218 Å². The van der Waals surface area contributed by atoms with Crippen LogP contribution in [0.3, 0.4) is 0 Å². The molecule has 0 atom stereocenters. The van der Waals surface area contributed by atoms with Crippen LogP contribution < -0.4 is 0 Å². The monoisotopic (exact) mass is 2480 g/mol. The van der Waals surface area contributed by atoms with Crippen molar-refractivity contribution in [2.24, 2.45) is 0 Å². The van der Waals surface area contributed by atoms with Gasteiger partial charge in [-0.2, -0.15) is 0 Å². The van der Waals surface area contributed by atoms with Gasteiger partial charge in [-0.1, -0.05) is 215 Å². The van der Waals surface area contributed by atoms with Gasteiger partial charge in [0.2, 0.25) is 0 Å². The van der Waals surface area contributed by atoms with E-state index in [-0.39, 0.29) is 80.4 Å². The van der Waals surface area contributed by atoms with Crippen LogP contribution >= 0.6 is 0 Å². The first-order valence-electron chi connectivity index (χ1n) is 45.4. The van der Waals surface area contributed by atoms with Gasteiger partial charge in [-0.05, 0) is 198 Å². The molecule has 12 aromatic carbocycles. The van der Waals surface area contributed by atoms with Gasteiger partial charge in [0, 0.05) is 130 Å². The summed E-state index contributed by atoms with van der Waals surface area (Å²) in [5, 5.41) is 0. The maximum atomic E-state index is 4.53. The Morgan fingerprint density at radius 3 is 0.774 bits per heavy atom. The minimum absolute atomic E-state index is 0. The second-order valence-electron chi connectivity index (χ2n) is 32.3. The molecule has 8 aromatic heterocycles. The van der Waals surface area contributed by atoms with Gasteiger partial charge >= 0.3 is 0 Å². The zero-order valence-electron chi connectivity index (χ0n) is 76.5. The second kappa shape index (κ2) is 54.2. The van der Waals surface area contributed by atoms with E-state index in [4.69, 9.17) is 0 Å². The molecule has 8 heterocycles. The Morgan fingerprint density at radius 2 is 0.460 bits per heavy atom. The third-order valence-electron chi connectivity index (χ3n) is 23.4. The van der Waals surface area contributed by atoms with E-state index in [1.807, 2.05) is 323 Å². The minimum Gasteiger partial charge on any atom is -0.304 e. The van der Waals surface area contributed by atoms with Crippen LogP contribution in [-0.2, 0) is 119 Å². The molecule has 684 valence electrons. The van der Waals surface area contributed by atoms with Gasteiger partial charge in [-0.3, -0.25) is 0 Å². The summed E-state index contributed by atoms with van der Waals surface area (Å²) in [6.07, 6.45) is 27.9. The molecule has 3 aliphatic carbocycles. The largest absolute Gasteiger partial charge is 0.304 e. The number of benzene rings is 12. The number of hydrogen-bond acceptors (Lipinski definition) is 8. The molecule has 3 aliphatic rings. The Morgan fingerprint density at radius 1 is 0.190 bits per heavy atom. The molecule has 20 aromatic rings. The number of nitrogens with zero attached hydrogens (tertiary/aromatic N) is 8. The zero-order valence-corrected chi connectivity index (χ0v) is 86.1. The van der Waals surface area contributed by atoms with Crippen molar-refractivity contribution in [2.45, 2.75) is 85.0 Å². The molecule has 0 amide bonds. The van der Waals surface area contributed by atoms with Crippen LogP contribution in [0.5, 0.6) is 0 Å². The SMILES string of the molecule is Cc1cnc(-c2[c-]cccc2)c(C)c1C.[Ir].[Ir].[Ir].[Ir].[c-]1ccccc1-c1cc2c(cn1)CCC2.[c-]1ccccc1-c1cc2c(cn1)CCCC2.[c-]1ccccc1-c1ccc(-c2ccccc2)cn1.[c-]1ccccc1-c1ccc(-c2ccccc2)cn1.[c-]1ccccc1-c1ccc(-c2ccccc2)cn1.[c-]1ccccc1-c1ccc(-c2ccccc2)cn1.[c-]1ccccc1-c1nccc2c1CCC2. The van der Waals surface area contributed by atoms with Gasteiger partial charge in [0.1, 0.15) is 0 Å². The van der Waals surface area contributed by atoms with E-state index >= 15 is 0 Å². The van der Waals surface area contributed by atoms with Crippen LogP contribution in [0.2, 0.25) is 0 Å². The molecule has 0 N–H and O–H groups in total. The number of aromatic nitrogens is 8. The van der Waals surface area contributed by atoms with Gasteiger partial charge in [-0.15, -0.1) is 287 Å². The van der Waals surface area contributed by atoms with E-state index in [0.29, 0.717) is 0 Å². The van der Waals surface area contributed by atoms with E-state index in [1.54, 1.807) is 0 Å². The van der Waals surface area contributed by atoms with Gasteiger partial charge in [-0.25, -0.2) is 0 Å². The molecule has 0 saturated carbocycles. The van der Waals surface area contributed by atoms with Gasteiger partial charge in [0.15, 0.2) is 0 Å². The molecule has 0 fully saturated rings. The first-order valence-corrected chi connectivity index (χ1v) is 45.4. The summed E-state index contributed by atoms with van der Waals surface area (Å²) in [6.45, 7) is 6.35. The van der Waals surface area contributed by atoms with Gasteiger partial charge < -0.3 is 39.9 Å². The maximum absolute atomic E-state index is 4.53. The fraction of sp³-hybridized carbons (Fsp3) is 0.104. The fourth-order valence-electron chi connectivity index (χ4n) is 16.0. The van der Waals surface area contributed by atoms with Crippen molar-refractivity contribution in [2.75, 3.05) is 0 Å². The molecule has 4 radical (unpaired) electrons. The summed E-state index contributed by atoms with van der Waals surface area (Å²) in [4.78, 5) is 36.0. The van der Waals surface area contributed by atoms with E-state index in [0.717, 1.165) is 112 Å². The molecule has 0 spiro atoms. The quantitative estimate of drug-likeness (QED) is 0.111. The molecular weight excluding hydrogens is 2380 g/mol. The number of pyridine rings is 8. The molecular formula is C125H100Ir4N8-8. The van der Waals surface area contributed by atoms with Crippen molar-refractivity contribution in [1.29, 1.82) is 0 Å². The maximum Gasteiger partial charge on any atom is 0.0239 e. The zero-order chi connectivity index (χ0) is 90.6. The van der Waals surface area contributed by atoms with Gasteiger partial charge in [0.05, 0.1) is 0 Å². The van der Waals surface area contributed by atoms with E-state index < -0.39 is 0 Å². The summed E-state index contributed by atoms with van der Waals surface area (Å²) in [5.41, 5.74) is 38.4. The standard InChI is InChI=1S/4C17H12N.C15H14N.2C14H12N.C14H14N.4Ir/c4*1-3-7-14(8-4-1)16-11-12-17(18-13-16)15-9-5-2-6-10-15;1-2-6-12(7-3-1)15-10-13-8-4-5-9-14(13)11-16-15;1-2-5-11(6-3-1)14-9-12-7-4-8-13(12)10-15-14;1-2-5-12(6-3-1)14-13-8-4-7-11(13)9-10-15-14;1-10-9-15-14(12(3)11(10)2)13-7-5-4-6-8-13;;;;/h4*1-9,11-13H;1-3,6,10-11H,4-5,8-9H2;2*1-3,5,9-10H,4,7-8H2;4-7,9H,1-3H3;;;;/q8*-1;;;;. The molecule has 137 heavy (non-hydrogen) atoms. The molecule has 0 saturated heterocycles. The third kappa shape index (κ3) is 29.2. The summed E-state index contributed by atoms with van der Waals surface area (Å²) >= 11 is 0. The van der Waals surface area contributed by atoms with Crippen LogP contribution in [0.4, 0.5) is 0 Å². The average molecular weight is 2480 g/mol. The second-order valence-corrected chi connectivity index (χ2v) is 32.3. The van der Waals surface area contributed by atoms with E-state index in [1.165, 1.54) is 137 Å².